The molecule has 0 radical (unpaired) electrons. The molecule has 12 heteroatoms. The molecule has 1 fully saturated rings. The van der Waals surface area contributed by atoms with Gasteiger partial charge < -0.3 is 19.1 Å². The van der Waals surface area contributed by atoms with Gasteiger partial charge in [-0.25, -0.2) is 14.2 Å². The van der Waals surface area contributed by atoms with Crippen molar-refractivity contribution in [3.05, 3.63) is 76.4 Å². The number of esters is 1. The lowest BCUT2D eigenvalue weighted by Gasteiger charge is -2.30. The molecule has 3 aromatic heterocycles. The molecule has 9 nitrogen and oxygen atoms in total. The van der Waals surface area contributed by atoms with Gasteiger partial charge in [0.2, 0.25) is 0 Å². The van der Waals surface area contributed by atoms with Crippen molar-refractivity contribution >= 4 is 39.9 Å². The molecule has 0 aliphatic carbocycles. The minimum Gasteiger partial charge on any atom is -0.489 e. The molecular weight excluding hydrogens is 593 g/mol. The van der Waals surface area contributed by atoms with Crippen LogP contribution in [0.25, 0.3) is 27.2 Å². The van der Waals surface area contributed by atoms with Crippen LogP contribution in [0, 0.1) is 5.82 Å². The number of nitrogens with zero attached hydrogens (tertiary/aromatic N) is 5. The van der Waals surface area contributed by atoms with Crippen LogP contribution in [-0.4, -0.2) is 63.6 Å². The monoisotopic (exact) mass is 623 g/mol. The van der Waals surface area contributed by atoms with Crippen LogP contribution in [0.4, 0.5) is 4.39 Å². The Kier molecular flexibility index (Phi) is 8.13. The molecule has 43 heavy (non-hydrogen) atoms. The Balaban J connectivity index is 1.29. The fraction of sp³-hybridized carbons (Fsp3) is 0.323. The van der Waals surface area contributed by atoms with Crippen molar-refractivity contribution in [3.63, 3.8) is 0 Å². The average Bonchev–Trinajstić information content (AvgIpc) is 3.73. The maximum Gasteiger partial charge on any atom is 0.351 e. The van der Waals surface area contributed by atoms with Crippen LogP contribution in [0.2, 0.25) is 5.02 Å². The van der Waals surface area contributed by atoms with Crippen LogP contribution >= 0.6 is 22.9 Å². The maximum absolute atomic E-state index is 15.2. The minimum atomic E-state index is -0.832. The number of hydrogen-bond donors (Lipinski definition) is 0. The van der Waals surface area contributed by atoms with E-state index in [2.05, 4.69) is 22.0 Å². The van der Waals surface area contributed by atoms with Crippen LogP contribution in [-0.2, 0) is 11.8 Å². The summed E-state index contributed by atoms with van der Waals surface area (Å²) in [6, 6.07) is 10.6. The lowest BCUT2D eigenvalue weighted by atomic mass is 10.1. The number of aryl methyl sites for hydroxylation is 1. The van der Waals surface area contributed by atoms with E-state index < -0.39 is 17.9 Å². The van der Waals surface area contributed by atoms with Crippen molar-refractivity contribution in [1.29, 1.82) is 0 Å². The van der Waals surface area contributed by atoms with Gasteiger partial charge in [0.15, 0.2) is 4.88 Å². The van der Waals surface area contributed by atoms with Gasteiger partial charge in [-0.1, -0.05) is 17.7 Å². The zero-order valence-electron chi connectivity index (χ0n) is 24.2. The first kappa shape index (κ1) is 29.2. The number of methoxy groups -OCH3 is 1. The quantitative estimate of drug-likeness (QED) is 0.178. The Morgan fingerprint density at radius 3 is 2.63 bits per heavy atom. The first-order chi connectivity index (χ1) is 20.7. The van der Waals surface area contributed by atoms with Gasteiger partial charge in [-0.3, -0.25) is 9.25 Å². The van der Waals surface area contributed by atoms with E-state index in [0.717, 1.165) is 48.1 Å². The van der Waals surface area contributed by atoms with Crippen molar-refractivity contribution < 1.29 is 23.4 Å². The molecule has 0 bridgehead atoms. The number of imidazole rings is 1. The molecule has 1 aliphatic rings. The largest absolute Gasteiger partial charge is 0.489 e. The Hall–Kier alpha value is -3.93. The van der Waals surface area contributed by atoms with Gasteiger partial charge in [0.25, 0.3) is 0 Å². The highest BCUT2D eigenvalue weighted by atomic mass is 35.5. The van der Waals surface area contributed by atoms with Crippen molar-refractivity contribution in [1.82, 2.24) is 24.2 Å². The number of carbonyl (C=O) groups is 1. The fourth-order valence-corrected chi connectivity index (χ4v) is 6.63. The first-order valence-electron chi connectivity index (χ1n) is 13.9. The number of rotatable bonds is 8. The molecule has 0 saturated carbocycles. The predicted octanol–water partition coefficient (Wildman–Crippen LogP) is 6.68. The molecule has 0 amide bonds. The number of carbonyl (C=O) groups excluding carboxylic acids is 1. The Morgan fingerprint density at radius 2 is 1.91 bits per heavy atom. The van der Waals surface area contributed by atoms with Gasteiger partial charge in [-0.05, 0) is 56.6 Å². The Labute approximate surface area is 257 Å². The number of ether oxygens (including phenoxy) is 3. The molecule has 1 atom stereocenters. The number of aromatic nitrogens is 4. The number of hydrogen-bond acceptors (Lipinski definition) is 8. The summed E-state index contributed by atoms with van der Waals surface area (Å²) in [5, 5.41) is 5.09. The molecule has 1 saturated heterocycles. The van der Waals surface area contributed by atoms with Gasteiger partial charge in [-0.2, -0.15) is 5.10 Å². The summed E-state index contributed by atoms with van der Waals surface area (Å²) < 4.78 is 36.2. The fourth-order valence-electron chi connectivity index (χ4n) is 5.29. The summed E-state index contributed by atoms with van der Waals surface area (Å²) in [6.07, 6.45) is 6.32. The summed E-state index contributed by atoms with van der Waals surface area (Å²) in [6.45, 7) is 3.53. The Morgan fingerprint density at radius 1 is 1.12 bits per heavy atom. The third-order valence-electron chi connectivity index (χ3n) is 7.64. The molecule has 6 rings (SSSR count). The van der Waals surface area contributed by atoms with Crippen molar-refractivity contribution in [2.75, 3.05) is 27.2 Å². The molecule has 224 valence electrons. The third kappa shape index (κ3) is 5.84. The van der Waals surface area contributed by atoms with Gasteiger partial charge in [0.05, 0.1) is 34.9 Å². The van der Waals surface area contributed by atoms with E-state index in [1.807, 2.05) is 36.0 Å². The van der Waals surface area contributed by atoms with E-state index in [-0.39, 0.29) is 27.3 Å². The van der Waals surface area contributed by atoms with E-state index >= 15 is 4.39 Å². The second-order valence-electron chi connectivity index (χ2n) is 10.6. The molecule has 1 unspecified atom stereocenters. The summed E-state index contributed by atoms with van der Waals surface area (Å²) >= 11 is 7.90. The van der Waals surface area contributed by atoms with E-state index in [1.165, 1.54) is 24.5 Å². The molecule has 5 aromatic rings. The normalized spacial score (nSPS) is 15.1. The van der Waals surface area contributed by atoms with E-state index in [9.17, 15) is 4.79 Å². The standard InChI is InChI=1S/C31H31ClFN5O4S/c1-18(28-22(33)6-8-25(29(28)32)42-21-9-11-36(2)12-10-21)41-26-14-27(43-30(26)31(39)40-4)38-17-34-23-13-19(5-7-24(23)38)20-15-35-37(3)16-20/h5-8,13-18,21H,9-12H2,1-4H3. The van der Waals surface area contributed by atoms with Crippen molar-refractivity contribution in [3.8, 4) is 27.6 Å². The number of fused-ring (bicyclic) bond motifs is 1. The van der Waals surface area contributed by atoms with Crippen LogP contribution < -0.4 is 9.47 Å². The highest BCUT2D eigenvalue weighted by Gasteiger charge is 2.27. The number of thiophene rings is 1. The van der Waals surface area contributed by atoms with E-state index in [0.29, 0.717) is 10.8 Å². The second-order valence-corrected chi connectivity index (χ2v) is 12.1. The zero-order chi connectivity index (χ0) is 30.2. The number of halogens is 2. The number of piperidine rings is 1. The Bertz CT molecular complexity index is 1790. The number of likely N-dealkylation sites (tertiary alicyclic amines) is 1. The van der Waals surface area contributed by atoms with Gasteiger partial charge in [-0.15, -0.1) is 11.3 Å². The summed E-state index contributed by atoms with van der Waals surface area (Å²) in [5.74, 6) is -0.413. The lowest BCUT2D eigenvalue weighted by Crippen LogP contribution is -2.35. The van der Waals surface area contributed by atoms with Crippen LogP contribution in [0.15, 0.2) is 55.1 Å². The molecule has 4 heterocycles. The van der Waals surface area contributed by atoms with Crippen molar-refractivity contribution in [2.45, 2.75) is 32.0 Å². The van der Waals surface area contributed by atoms with Gasteiger partial charge >= 0.3 is 5.97 Å². The highest BCUT2D eigenvalue weighted by molar-refractivity contribution is 7.16. The second kappa shape index (κ2) is 12.0. The summed E-state index contributed by atoms with van der Waals surface area (Å²) in [7, 11) is 5.25. The lowest BCUT2D eigenvalue weighted by molar-refractivity contribution is 0.0599. The highest BCUT2D eigenvalue weighted by Crippen LogP contribution is 2.41. The predicted molar refractivity (Wildman–Crippen MR) is 164 cm³/mol. The minimum absolute atomic E-state index is 0.000892. The van der Waals surface area contributed by atoms with Crippen LogP contribution in [0.5, 0.6) is 11.5 Å². The summed E-state index contributed by atoms with van der Waals surface area (Å²) in [4.78, 5) is 19.9. The number of benzene rings is 2. The van der Waals surface area contributed by atoms with Gasteiger partial charge in [0, 0.05) is 38.0 Å². The van der Waals surface area contributed by atoms with E-state index in [1.54, 1.807) is 36.3 Å². The molecule has 1 aliphatic heterocycles. The van der Waals surface area contributed by atoms with Crippen LogP contribution in [0.1, 0.15) is 41.1 Å². The van der Waals surface area contributed by atoms with Gasteiger partial charge in [0.1, 0.15) is 40.9 Å². The van der Waals surface area contributed by atoms with Crippen molar-refractivity contribution in [2.24, 2.45) is 7.05 Å². The molecular formula is C31H31ClFN5O4S. The van der Waals surface area contributed by atoms with Crippen LogP contribution in [0.3, 0.4) is 0 Å². The SMILES string of the molecule is COC(=O)c1sc(-n2cnc3cc(-c4cnn(C)c4)ccc32)cc1OC(C)c1c(F)ccc(OC2CCN(C)CC2)c1Cl. The zero-order valence-corrected chi connectivity index (χ0v) is 25.8. The third-order valence-corrected chi connectivity index (χ3v) is 9.12. The molecule has 2 aromatic carbocycles. The maximum atomic E-state index is 15.2. The first-order valence-corrected chi connectivity index (χ1v) is 15.1. The molecule has 0 spiro atoms. The summed E-state index contributed by atoms with van der Waals surface area (Å²) in [5.41, 5.74) is 3.76. The molecule has 0 N–H and O–H groups in total. The smallest absolute Gasteiger partial charge is 0.351 e. The van der Waals surface area contributed by atoms with E-state index in [4.69, 9.17) is 25.8 Å². The topological polar surface area (TPSA) is 83.6 Å². The average molecular weight is 624 g/mol.